The van der Waals surface area contributed by atoms with E-state index in [2.05, 4.69) is 11.1 Å². The molecule has 0 radical (unpaired) electrons. The molecule has 112 valence electrons. The van der Waals surface area contributed by atoms with E-state index in [9.17, 15) is 4.79 Å². The van der Waals surface area contributed by atoms with Gasteiger partial charge >= 0.3 is 5.97 Å². The van der Waals surface area contributed by atoms with Crippen molar-refractivity contribution in [3.05, 3.63) is 45.5 Å². The fraction of sp³-hybridized carbons (Fsp3) is 0.333. The first kappa shape index (κ1) is 16.0. The van der Waals surface area contributed by atoms with Crippen LogP contribution in [-0.2, 0) is 10.5 Å². The van der Waals surface area contributed by atoms with Crippen molar-refractivity contribution >= 4 is 34.7 Å². The molecule has 2 rings (SSSR count). The second kappa shape index (κ2) is 7.04. The molecular formula is C15H18N2O2S2. The fourth-order valence-electron chi connectivity index (χ4n) is 1.95. The van der Waals surface area contributed by atoms with Gasteiger partial charge < -0.3 is 10.5 Å². The number of nitrogens with two attached hydrogens (primary N) is 1. The highest BCUT2D eigenvalue weighted by molar-refractivity contribution is 8.15. The summed E-state index contributed by atoms with van der Waals surface area (Å²) in [7, 11) is 1.41. The van der Waals surface area contributed by atoms with Crippen LogP contribution in [-0.4, -0.2) is 24.0 Å². The van der Waals surface area contributed by atoms with Crippen LogP contribution in [0.25, 0.3) is 0 Å². The zero-order valence-electron chi connectivity index (χ0n) is 12.3. The fourth-order valence-corrected chi connectivity index (χ4v) is 3.60. The molecule has 6 heteroatoms. The van der Waals surface area contributed by atoms with Gasteiger partial charge in [-0.25, -0.2) is 9.79 Å². The number of rotatable bonds is 4. The van der Waals surface area contributed by atoms with E-state index in [1.165, 1.54) is 12.0 Å². The minimum atomic E-state index is -0.285. The first-order chi connectivity index (χ1) is 10.0. The molecule has 4 nitrogen and oxygen atoms in total. The van der Waals surface area contributed by atoms with Crippen LogP contribution in [0, 0.1) is 13.8 Å². The lowest BCUT2D eigenvalue weighted by Gasteiger charge is -2.13. The average Bonchev–Trinajstić information content (AvgIpc) is 2.49. The zero-order valence-corrected chi connectivity index (χ0v) is 13.9. The second-order valence-corrected chi connectivity index (χ2v) is 6.81. The third kappa shape index (κ3) is 4.04. The van der Waals surface area contributed by atoms with Crippen LogP contribution in [0.3, 0.4) is 0 Å². The van der Waals surface area contributed by atoms with Crippen LogP contribution in [0.4, 0.5) is 0 Å². The van der Waals surface area contributed by atoms with E-state index in [0.717, 1.165) is 28.2 Å². The van der Waals surface area contributed by atoms with Crippen molar-refractivity contribution in [2.24, 2.45) is 10.7 Å². The molecule has 1 heterocycles. The number of amidine groups is 1. The summed E-state index contributed by atoms with van der Waals surface area (Å²) in [5.41, 5.74) is 9.44. The van der Waals surface area contributed by atoms with Gasteiger partial charge in [0.15, 0.2) is 5.17 Å². The van der Waals surface area contributed by atoms with Crippen molar-refractivity contribution in [2.75, 3.05) is 12.9 Å². The largest absolute Gasteiger partial charge is 0.465 e. The molecule has 0 saturated heterocycles. The molecule has 0 aromatic heterocycles. The summed E-state index contributed by atoms with van der Waals surface area (Å²) in [4.78, 5) is 17.1. The number of ether oxygens (including phenoxy) is 1. The number of carbonyl (C=O) groups excluding carboxylic acids is 1. The number of carbonyl (C=O) groups is 1. The van der Waals surface area contributed by atoms with Crippen molar-refractivity contribution in [2.45, 2.75) is 19.6 Å². The topological polar surface area (TPSA) is 64.7 Å². The Balaban J connectivity index is 2.14. The van der Waals surface area contributed by atoms with Gasteiger partial charge in [-0.05, 0) is 36.6 Å². The Hall–Kier alpha value is -1.40. The van der Waals surface area contributed by atoms with Crippen molar-refractivity contribution in [1.29, 1.82) is 0 Å². The van der Waals surface area contributed by atoms with E-state index in [1.807, 2.05) is 26.1 Å². The van der Waals surface area contributed by atoms with Gasteiger partial charge in [0, 0.05) is 22.6 Å². The van der Waals surface area contributed by atoms with Crippen LogP contribution < -0.4 is 5.73 Å². The molecule has 1 aromatic rings. The number of hydrogen-bond donors (Lipinski definition) is 1. The number of benzene rings is 1. The molecule has 0 saturated carbocycles. The van der Waals surface area contributed by atoms with Crippen LogP contribution >= 0.6 is 23.5 Å². The molecule has 0 unspecified atom stereocenters. The van der Waals surface area contributed by atoms with Gasteiger partial charge in [-0.2, -0.15) is 0 Å². The Bertz CT molecular complexity index is 624. The van der Waals surface area contributed by atoms with Crippen molar-refractivity contribution in [3.63, 3.8) is 0 Å². The first-order valence-electron chi connectivity index (χ1n) is 6.47. The highest BCUT2D eigenvalue weighted by atomic mass is 32.2. The van der Waals surface area contributed by atoms with Gasteiger partial charge in [0.1, 0.15) is 0 Å². The zero-order chi connectivity index (χ0) is 15.4. The lowest BCUT2D eigenvalue weighted by atomic mass is 10.0. The van der Waals surface area contributed by atoms with E-state index in [0.29, 0.717) is 10.7 Å². The quantitative estimate of drug-likeness (QED) is 0.862. The SMILES string of the molecule is COC(=O)c1cc(CSC2=CN=C(N)SC2)cc(C)c1C. The maximum absolute atomic E-state index is 11.8. The normalized spacial score (nSPS) is 14.4. The van der Waals surface area contributed by atoms with Crippen LogP contribution in [0.15, 0.2) is 28.2 Å². The first-order valence-corrected chi connectivity index (χ1v) is 8.44. The van der Waals surface area contributed by atoms with Gasteiger partial charge in [-0.1, -0.05) is 17.8 Å². The monoisotopic (exact) mass is 322 g/mol. The summed E-state index contributed by atoms with van der Waals surface area (Å²) in [6.45, 7) is 3.95. The molecule has 0 aliphatic carbocycles. The lowest BCUT2D eigenvalue weighted by Crippen LogP contribution is -2.09. The summed E-state index contributed by atoms with van der Waals surface area (Å²) >= 11 is 3.26. The number of esters is 1. The Morgan fingerprint density at radius 3 is 2.86 bits per heavy atom. The Morgan fingerprint density at radius 1 is 1.48 bits per heavy atom. The van der Waals surface area contributed by atoms with Crippen LogP contribution in [0.1, 0.15) is 27.0 Å². The van der Waals surface area contributed by atoms with E-state index in [4.69, 9.17) is 10.5 Å². The maximum Gasteiger partial charge on any atom is 0.338 e. The summed E-state index contributed by atoms with van der Waals surface area (Å²) in [6.07, 6.45) is 1.82. The predicted octanol–water partition coefficient (Wildman–Crippen LogP) is 3.23. The van der Waals surface area contributed by atoms with Gasteiger partial charge in [0.2, 0.25) is 0 Å². The number of aliphatic imine (C=N–C) groups is 1. The summed E-state index contributed by atoms with van der Waals surface area (Å²) in [5.74, 6) is 1.37. The Labute approximate surface area is 133 Å². The number of hydrogen-bond acceptors (Lipinski definition) is 6. The molecule has 0 spiro atoms. The average molecular weight is 322 g/mol. The number of methoxy groups -OCH3 is 1. The summed E-state index contributed by atoms with van der Waals surface area (Å²) in [6, 6.07) is 4.03. The van der Waals surface area contributed by atoms with Gasteiger partial charge in [0.25, 0.3) is 0 Å². The summed E-state index contributed by atoms with van der Waals surface area (Å²) < 4.78 is 4.84. The molecule has 1 aliphatic heterocycles. The van der Waals surface area contributed by atoms with Crippen molar-refractivity contribution in [1.82, 2.24) is 0 Å². The molecule has 0 bridgehead atoms. The van der Waals surface area contributed by atoms with Crippen LogP contribution in [0.2, 0.25) is 0 Å². The second-order valence-electron chi connectivity index (χ2n) is 4.72. The smallest absolute Gasteiger partial charge is 0.338 e. The minimum Gasteiger partial charge on any atom is -0.465 e. The van der Waals surface area contributed by atoms with Gasteiger partial charge in [-0.3, -0.25) is 0 Å². The standard InChI is InChI=1S/C15H18N2O2S2/c1-9-4-11(5-13(10(9)2)14(18)19-3)7-20-12-6-17-15(16)21-8-12/h4-6H,7-8H2,1-3H3,(H2,16,17). The highest BCUT2D eigenvalue weighted by Gasteiger charge is 2.13. The van der Waals surface area contributed by atoms with Crippen molar-refractivity contribution in [3.8, 4) is 0 Å². The highest BCUT2D eigenvalue weighted by Crippen LogP contribution is 2.29. The third-order valence-electron chi connectivity index (χ3n) is 3.25. The van der Waals surface area contributed by atoms with E-state index < -0.39 is 0 Å². The number of aryl methyl sites for hydroxylation is 1. The predicted molar refractivity (Wildman–Crippen MR) is 90.7 cm³/mol. The van der Waals surface area contributed by atoms with E-state index in [-0.39, 0.29) is 5.97 Å². The minimum absolute atomic E-state index is 0.285. The number of thioether (sulfide) groups is 2. The third-order valence-corrected chi connectivity index (χ3v) is 5.39. The molecular weight excluding hydrogens is 304 g/mol. The van der Waals surface area contributed by atoms with E-state index >= 15 is 0 Å². The Kier molecular flexibility index (Phi) is 5.36. The Morgan fingerprint density at radius 2 is 2.24 bits per heavy atom. The van der Waals surface area contributed by atoms with E-state index in [1.54, 1.807) is 23.5 Å². The van der Waals surface area contributed by atoms with Crippen molar-refractivity contribution < 1.29 is 9.53 Å². The maximum atomic E-state index is 11.8. The number of nitrogens with zero attached hydrogens (tertiary/aromatic N) is 1. The summed E-state index contributed by atoms with van der Waals surface area (Å²) in [5, 5.41) is 0.610. The molecule has 1 aliphatic rings. The van der Waals surface area contributed by atoms with Gasteiger partial charge in [-0.15, -0.1) is 11.8 Å². The van der Waals surface area contributed by atoms with Gasteiger partial charge in [0.05, 0.1) is 12.7 Å². The molecule has 0 fully saturated rings. The molecule has 0 atom stereocenters. The lowest BCUT2D eigenvalue weighted by molar-refractivity contribution is 0.0599. The van der Waals surface area contributed by atoms with Crippen LogP contribution in [0.5, 0.6) is 0 Å². The molecule has 0 amide bonds. The molecule has 2 N–H and O–H groups in total. The molecule has 1 aromatic carbocycles. The molecule has 21 heavy (non-hydrogen) atoms.